The highest BCUT2D eigenvalue weighted by Crippen LogP contribution is 2.29. The second-order valence-electron chi connectivity index (χ2n) is 6.79. The lowest BCUT2D eigenvalue weighted by molar-refractivity contribution is -0.127. The largest absolute Gasteiger partial charge is 0.507 e. The van der Waals surface area contributed by atoms with Gasteiger partial charge in [0.15, 0.2) is 5.78 Å². The van der Waals surface area contributed by atoms with Crippen molar-refractivity contribution in [2.24, 2.45) is 0 Å². The van der Waals surface area contributed by atoms with Gasteiger partial charge in [-0.1, -0.05) is 18.2 Å². The van der Waals surface area contributed by atoms with E-state index >= 15 is 0 Å². The van der Waals surface area contributed by atoms with Crippen molar-refractivity contribution < 1.29 is 34.4 Å². The van der Waals surface area contributed by atoms with Crippen molar-refractivity contribution in [3.8, 4) is 5.75 Å². The summed E-state index contributed by atoms with van der Waals surface area (Å²) in [6, 6.07) is 3.08. The molecule has 8 heteroatoms. The average Bonchev–Trinajstić information content (AvgIpc) is 2.66. The summed E-state index contributed by atoms with van der Waals surface area (Å²) in [4.78, 5) is 24.5. The molecule has 1 aliphatic rings. The molecular weight excluding hydrogens is 378 g/mol. The summed E-state index contributed by atoms with van der Waals surface area (Å²) >= 11 is 0. The Hall–Kier alpha value is -2.68. The van der Waals surface area contributed by atoms with Crippen LogP contribution in [0.4, 0.5) is 5.69 Å². The molecule has 0 bridgehead atoms. The average molecular weight is 405 g/mol. The molecule has 1 heterocycles. The van der Waals surface area contributed by atoms with Gasteiger partial charge in [0, 0.05) is 31.8 Å². The first-order valence-electron chi connectivity index (χ1n) is 9.37. The lowest BCUT2D eigenvalue weighted by Gasteiger charge is -2.17. The van der Waals surface area contributed by atoms with Crippen molar-refractivity contribution in [3.05, 3.63) is 41.5 Å². The highest BCUT2D eigenvalue weighted by Gasteiger charge is 2.23. The minimum absolute atomic E-state index is 0.00227. The molecule has 0 saturated heterocycles. The standard InChI is InChI=1S/C21H27NO7/c1-13-5-3-7-16(23)20(26)17(24)8-4-6-14-11-15(22-9-10-28-2)12-18(25)19(14)21(27)29-13/h3-4,6-7,11-13,17,20,22,24-26H,5,8-10H2,1-2H3/b6-4+,7-3-/t13-,17-,20+/m0/s1. The smallest absolute Gasteiger partial charge is 0.342 e. The number of rotatable bonds is 4. The molecular formula is C21H27NO7. The highest BCUT2D eigenvalue weighted by atomic mass is 16.5. The Morgan fingerprint density at radius 2 is 1.90 bits per heavy atom. The van der Waals surface area contributed by atoms with Gasteiger partial charge in [-0.05, 0) is 31.1 Å². The summed E-state index contributed by atoms with van der Waals surface area (Å²) in [5.74, 6) is -1.57. The summed E-state index contributed by atoms with van der Waals surface area (Å²) in [5, 5.41) is 33.5. The molecule has 158 valence electrons. The van der Waals surface area contributed by atoms with Crippen LogP contribution in [0.1, 0.15) is 35.7 Å². The molecule has 29 heavy (non-hydrogen) atoms. The lowest BCUT2D eigenvalue weighted by atomic mass is 10.0. The SMILES string of the molecule is COCCNc1cc(O)c2c(c1)/C=C/C[C@H](O)[C@H](O)C(=O)/C=C\C[C@H](C)OC2=O. The quantitative estimate of drug-likeness (QED) is 0.440. The first-order chi connectivity index (χ1) is 13.8. The number of aliphatic hydroxyl groups excluding tert-OH is 2. The molecule has 0 amide bonds. The number of nitrogens with one attached hydrogen (secondary N) is 1. The maximum atomic E-state index is 12.6. The molecule has 4 N–H and O–H groups in total. The Bertz CT molecular complexity index is 787. The minimum atomic E-state index is -1.55. The molecule has 0 aliphatic carbocycles. The van der Waals surface area contributed by atoms with E-state index in [-0.39, 0.29) is 24.2 Å². The fourth-order valence-corrected chi connectivity index (χ4v) is 2.82. The lowest BCUT2D eigenvalue weighted by Crippen LogP contribution is -2.32. The maximum Gasteiger partial charge on any atom is 0.342 e. The van der Waals surface area contributed by atoms with E-state index in [9.17, 15) is 24.9 Å². The molecule has 0 unspecified atom stereocenters. The van der Waals surface area contributed by atoms with E-state index in [1.54, 1.807) is 20.1 Å². The third kappa shape index (κ3) is 6.42. The van der Waals surface area contributed by atoms with E-state index in [4.69, 9.17) is 9.47 Å². The number of fused-ring (bicyclic) bond motifs is 1. The van der Waals surface area contributed by atoms with Crippen LogP contribution in [0.15, 0.2) is 30.4 Å². The first kappa shape index (κ1) is 22.6. The Labute approximate surface area is 169 Å². The van der Waals surface area contributed by atoms with Gasteiger partial charge < -0.3 is 30.1 Å². The number of benzene rings is 1. The van der Waals surface area contributed by atoms with Gasteiger partial charge in [0.2, 0.25) is 0 Å². The second-order valence-corrected chi connectivity index (χ2v) is 6.79. The van der Waals surface area contributed by atoms with E-state index in [0.29, 0.717) is 24.4 Å². The number of ether oxygens (including phenoxy) is 2. The zero-order chi connectivity index (χ0) is 21.4. The fourth-order valence-electron chi connectivity index (χ4n) is 2.82. The number of phenols is 1. The molecule has 0 saturated carbocycles. The topological polar surface area (TPSA) is 125 Å². The van der Waals surface area contributed by atoms with Crippen LogP contribution in [0.3, 0.4) is 0 Å². The van der Waals surface area contributed by atoms with Crippen molar-refractivity contribution in [2.45, 2.75) is 38.1 Å². The van der Waals surface area contributed by atoms with Crippen LogP contribution >= 0.6 is 0 Å². The van der Waals surface area contributed by atoms with Gasteiger partial charge in [0.1, 0.15) is 23.5 Å². The molecule has 2 rings (SSSR count). The monoisotopic (exact) mass is 405 g/mol. The van der Waals surface area contributed by atoms with E-state index in [1.165, 1.54) is 24.3 Å². The first-order valence-corrected chi connectivity index (χ1v) is 9.37. The summed E-state index contributed by atoms with van der Waals surface area (Å²) in [5.41, 5.74) is 0.948. The van der Waals surface area contributed by atoms with E-state index in [1.807, 2.05) is 0 Å². The number of carbonyl (C=O) groups excluding carboxylic acids is 2. The summed E-state index contributed by atoms with van der Waals surface area (Å²) in [6.07, 6.45) is 2.50. The molecule has 3 atom stereocenters. The van der Waals surface area contributed by atoms with Gasteiger partial charge in [0.25, 0.3) is 0 Å². The van der Waals surface area contributed by atoms with Gasteiger partial charge in [-0.3, -0.25) is 4.79 Å². The van der Waals surface area contributed by atoms with Crippen LogP contribution in [-0.2, 0) is 14.3 Å². The Morgan fingerprint density at radius 1 is 1.17 bits per heavy atom. The van der Waals surface area contributed by atoms with Crippen molar-refractivity contribution in [1.82, 2.24) is 0 Å². The van der Waals surface area contributed by atoms with Crippen molar-refractivity contribution in [1.29, 1.82) is 0 Å². The van der Waals surface area contributed by atoms with Crippen LogP contribution in [0, 0.1) is 0 Å². The molecule has 1 aliphatic heterocycles. The number of ketones is 1. The number of cyclic esters (lactones) is 1. The Morgan fingerprint density at radius 3 is 2.62 bits per heavy atom. The second kappa shape index (κ2) is 10.8. The van der Waals surface area contributed by atoms with Gasteiger partial charge in [-0.15, -0.1) is 0 Å². The number of hydrogen-bond donors (Lipinski definition) is 4. The van der Waals surface area contributed by atoms with Crippen LogP contribution < -0.4 is 5.32 Å². The van der Waals surface area contributed by atoms with Crippen molar-refractivity contribution in [2.75, 3.05) is 25.6 Å². The number of aromatic hydroxyl groups is 1. The van der Waals surface area contributed by atoms with Gasteiger partial charge in [-0.2, -0.15) is 0 Å². The fraction of sp³-hybridized carbons (Fsp3) is 0.429. The molecule has 1 aromatic rings. The summed E-state index contributed by atoms with van der Waals surface area (Å²) in [7, 11) is 1.57. The molecule has 0 spiro atoms. The molecule has 0 fully saturated rings. The number of anilines is 1. The molecule has 0 radical (unpaired) electrons. The Balaban J connectivity index is 2.40. The van der Waals surface area contributed by atoms with Crippen molar-refractivity contribution in [3.63, 3.8) is 0 Å². The number of hydrogen-bond acceptors (Lipinski definition) is 8. The number of aliphatic hydroxyl groups is 2. The van der Waals surface area contributed by atoms with E-state index in [2.05, 4.69) is 5.32 Å². The molecule has 1 aromatic carbocycles. The summed E-state index contributed by atoms with van der Waals surface area (Å²) in [6.45, 7) is 2.61. The summed E-state index contributed by atoms with van der Waals surface area (Å²) < 4.78 is 10.4. The number of methoxy groups -OCH3 is 1. The predicted molar refractivity (Wildman–Crippen MR) is 108 cm³/mol. The zero-order valence-electron chi connectivity index (χ0n) is 16.5. The molecule has 0 aromatic heterocycles. The van der Waals surface area contributed by atoms with E-state index < -0.39 is 30.1 Å². The predicted octanol–water partition coefficient (Wildman–Crippen LogP) is 1.65. The number of phenolic OH excluding ortho intramolecular Hbond substituents is 1. The maximum absolute atomic E-state index is 12.6. The van der Waals surface area contributed by atoms with Gasteiger partial charge >= 0.3 is 5.97 Å². The van der Waals surface area contributed by atoms with Crippen LogP contribution in [0.5, 0.6) is 5.75 Å². The van der Waals surface area contributed by atoms with E-state index in [0.717, 1.165) is 6.08 Å². The third-order valence-corrected chi connectivity index (χ3v) is 4.38. The number of carbonyl (C=O) groups is 2. The Kier molecular flexibility index (Phi) is 8.38. The highest BCUT2D eigenvalue weighted by molar-refractivity contribution is 5.97. The number of esters is 1. The van der Waals surface area contributed by atoms with Gasteiger partial charge in [-0.25, -0.2) is 4.79 Å². The van der Waals surface area contributed by atoms with Crippen LogP contribution in [0.2, 0.25) is 0 Å². The van der Waals surface area contributed by atoms with Gasteiger partial charge in [0.05, 0.1) is 12.7 Å². The van der Waals surface area contributed by atoms with Crippen LogP contribution in [-0.4, -0.2) is 65.6 Å². The zero-order valence-corrected chi connectivity index (χ0v) is 16.5. The minimum Gasteiger partial charge on any atom is -0.507 e. The van der Waals surface area contributed by atoms with Crippen LogP contribution in [0.25, 0.3) is 6.08 Å². The van der Waals surface area contributed by atoms with Crippen molar-refractivity contribution >= 4 is 23.5 Å². The normalized spacial score (nSPS) is 25.4. The third-order valence-electron chi connectivity index (χ3n) is 4.38. The molecule has 8 nitrogen and oxygen atoms in total.